The molecule has 1 aromatic heterocycles. The van der Waals surface area contributed by atoms with E-state index in [0.717, 1.165) is 37.2 Å². The van der Waals surface area contributed by atoms with E-state index in [-0.39, 0.29) is 11.5 Å². The molecule has 1 aliphatic carbocycles. The van der Waals surface area contributed by atoms with Crippen molar-refractivity contribution in [2.45, 2.75) is 57.4 Å². The number of nitrogens with one attached hydrogen (secondary N) is 1. The summed E-state index contributed by atoms with van der Waals surface area (Å²) in [4.78, 5) is 19.0. The van der Waals surface area contributed by atoms with Crippen LogP contribution in [-0.2, 0) is 0 Å². The van der Waals surface area contributed by atoms with Gasteiger partial charge < -0.3 is 10.7 Å². The van der Waals surface area contributed by atoms with Crippen molar-refractivity contribution in [2.24, 2.45) is 5.73 Å². The summed E-state index contributed by atoms with van der Waals surface area (Å²) < 4.78 is 0. The molecule has 0 spiro atoms. The molecule has 0 unspecified atom stereocenters. The minimum atomic E-state index is -0.0337. The standard InChI is InChI=1S/C13H21N3O/c1-8(2)13-15-11(7-12(17)16-13)9-3-5-10(14)6-4-9/h7-10H,3-6,14H2,1-2H3,(H,15,16,17). The third-order valence-corrected chi connectivity index (χ3v) is 3.52. The van der Waals surface area contributed by atoms with Crippen LogP contribution in [0.5, 0.6) is 0 Å². The van der Waals surface area contributed by atoms with Crippen molar-refractivity contribution >= 4 is 0 Å². The Hall–Kier alpha value is -1.16. The fourth-order valence-corrected chi connectivity index (χ4v) is 2.39. The predicted molar refractivity (Wildman–Crippen MR) is 68.1 cm³/mol. The number of aromatic amines is 1. The van der Waals surface area contributed by atoms with E-state index in [1.807, 2.05) is 13.8 Å². The summed E-state index contributed by atoms with van der Waals surface area (Å²) in [6, 6.07) is 1.98. The highest BCUT2D eigenvalue weighted by molar-refractivity contribution is 5.11. The van der Waals surface area contributed by atoms with Gasteiger partial charge in [-0.05, 0) is 25.7 Å². The van der Waals surface area contributed by atoms with Crippen molar-refractivity contribution in [3.63, 3.8) is 0 Å². The first-order chi connectivity index (χ1) is 8.06. The van der Waals surface area contributed by atoms with Crippen LogP contribution in [0.1, 0.15) is 62.9 Å². The lowest BCUT2D eigenvalue weighted by molar-refractivity contribution is 0.389. The van der Waals surface area contributed by atoms with Crippen LogP contribution in [0.2, 0.25) is 0 Å². The van der Waals surface area contributed by atoms with Crippen LogP contribution < -0.4 is 11.3 Å². The van der Waals surface area contributed by atoms with E-state index in [0.29, 0.717) is 12.0 Å². The summed E-state index contributed by atoms with van der Waals surface area (Å²) >= 11 is 0. The molecular formula is C13H21N3O. The Morgan fingerprint density at radius 1 is 1.35 bits per heavy atom. The average molecular weight is 235 g/mol. The molecule has 0 atom stereocenters. The van der Waals surface area contributed by atoms with Crippen molar-refractivity contribution in [2.75, 3.05) is 0 Å². The molecular weight excluding hydrogens is 214 g/mol. The lowest BCUT2D eigenvalue weighted by Crippen LogP contribution is -2.27. The minimum absolute atomic E-state index is 0.0337. The molecule has 0 saturated heterocycles. The van der Waals surface area contributed by atoms with Gasteiger partial charge in [0, 0.05) is 23.9 Å². The zero-order chi connectivity index (χ0) is 12.4. The number of nitrogens with zero attached hydrogens (tertiary/aromatic N) is 1. The maximum absolute atomic E-state index is 11.6. The third kappa shape index (κ3) is 2.94. The van der Waals surface area contributed by atoms with Crippen LogP contribution in [0, 0.1) is 0 Å². The predicted octanol–water partition coefficient (Wildman–Crippen LogP) is 1.88. The van der Waals surface area contributed by atoms with Gasteiger partial charge in [0.1, 0.15) is 5.82 Å². The van der Waals surface area contributed by atoms with E-state index in [4.69, 9.17) is 5.73 Å². The summed E-state index contributed by atoms with van der Waals surface area (Å²) in [6.07, 6.45) is 4.18. The van der Waals surface area contributed by atoms with Crippen molar-refractivity contribution in [3.05, 3.63) is 27.9 Å². The van der Waals surface area contributed by atoms with Crippen molar-refractivity contribution < 1.29 is 0 Å². The Bertz CT molecular complexity index is 431. The zero-order valence-electron chi connectivity index (χ0n) is 10.6. The third-order valence-electron chi connectivity index (χ3n) is 3.52. The second kappa shape index (κ2) is 5.00. The molecule has 1 aliphatic rings. The van der Waals surface area contributed by atoms with Gasteiger partial charge in [-0.15, -0.1) is 0 Å². The van der Waals surface area contributed by atoms with Crippen LogP contribution >= 0.6 is 0 Å². The lowest BCUT2D eigenvalue weighted by atomic mass is 9.84. The number of hydrogen-bond donors (Lipinski definition) is 2. The topological polar surface area (TPSA) is 71.8 Å². The molecule has 0 aliphatic heterocycles. The molecule has 2 rings (SSSR count). The highest BCUT2D eigenvalue weighted by Gasteiger charge is 2.22. The highest BCUT2D eigenvalue weighted by atomic mass is 16.1. The fraction of sp³-hybridized carbons (Fsp3) is 0.692. The maximum atomic E-state index is 11.6. The van der Waals surface area contributed by atoms with Crippen molar-refractivity contribution in [3.8, 4) is 0 Å². The summed E-state index contributed by atoms with van der Waals surface area (Å²) in [7, 11) is 0. The first-order valence-corrected chi connectivity index (χ1v) is 6.43. The summed E-state index contributed by atoms with van der Waals surface area (Å²) in [6.45, 7) is 4.08. The van der Waals surface area contributed by atoms with E-state index in [1.54, 1.807) is 6.07 Å². The molecule has 1 aromatic rings. The Balaban J connectivity index is 2.23. The number of rotatable bonds is 2. The Morgan fingerprint density at radius 2 is 2.00 bits per heavy atom. The summed E-state index contributed by atoms with van der Waals surface area (Å²) in [5, 5.41) is 0. The zero-order valence-corrected chi connectivity index (χ0v) is 10.6. The maximum Gasteiger partial charge on any atom is 0.251 e. The normalized spacial score (nSPS) is 25.2. The molecule has 17 heavy (non-hydrogen) atoms. The Labute approximate surface area is 102 Å². The van der Waals surface area contributed by atoms with Gasteiger partial charge in [0.25, 0.3) is 5.56 Å². The van der Waals surface area contributed by atoms with E-state index in [2.05, 4.69) is 9.97 Å². The van der Waals surface area contributed by atoms with Gasteiger partial charge >= 0.3 is 0 Å². The second-order valence-corrected chi connectivity index (χ2v) is 5.32. The van der Waals surface area contributed by atoms with Gasteiger partial charge in [0.2, 0.25) is 0 Å². The molecule has 1 heterocycles. The van der Waals surface area contributed by atoms with Gasteiger partial charge in [-0.3, -0.25) is 4.79 Å². The van der Waals surface area contributed by atoms with E-state index in [1.165, 1.54) is 0 Å². The molecule has 0 aromatic carbocycles. The van der Waals surface area contributed by atoms with Crippen molar-refractivity contribution in [1.29, 1.82) is 0 Å². The first-order valence-electron chi connectivity index (χ1n) is 6.43. The quantitative estimate of drug-likeness (QED) is 0.822. The van der Waals surface area contributed by atoms with Gasteiger partial charge in [-0.25, -0.2) is 4.98 Å². The SMILES string of the molecule is CC(C)c1nc(C2CCC(N)CC2)cc(=O)[nH]1. The van der Waals surface area contributed by atoms with E-state index >= 15 is 0 Å². The van der Waals surface area contributed by atoms with Crippen LogP contribution in [0.4, 0.5) is 0 Å². The monoisotopic (exact) mass is 235 g/mol. The van der Waals surface area contributed by atoms with Crippen LogP contribution in [-0.4, -0.2) is 16.0 Å². The Kier molecular flexibility index (Phi) is 3.62. The van der Waals surface area contributed by atoms with Gasteiger partial charge in [-0.2, -0.15) is 0 Å². The smallest absolute Gasteiger partial charge is 0.251 e. The highest BCUT2D eigenvalue weighted by Crippen LogP contribution is 2.30. The molecule has 1 fully saturated rings. The molecule has 0 bridgehead atoms. The second-order valence-electron chi connectivity index (χ2n) is 5.32. The number of aromatic nitrogens is 2. The van der Waals surface area contributed by atoms with Crippen molar-refractivity contribution in [1.82, 2.24) is 9.97 Å². The molecule has 3 N–H and O–H groups in total. The van der Waals surface area contributed by atoms with Crippen LogP contribution in [0.15, 0.2) is 10.9 Å². The largest absolute Gasteiger partial charge is 0.328 e. The average Bonchev–Trinajstić information content (AvgIpc) is 2.29. The molecule has 94 valence electrons. The lowest BCUT2D eigenvalue weighted by Gasteiger charge is -2.25. The van der Waals surface area contributed by atoms with Crippen LogP contribution in [0.25, 0.3) is 0 Å². The minimum Gasteiger partial charge on any atom is -0.328 e. The van der Waals surface area contributed by atoms with Crippen LogP contribution in [0.3, 0.4) is 0 Å². The molecule has 1 saturated carbocycles. The van der Waals surface area contributed by atoms with Gasteiger partial charge in [0.05, 0.1) is 5.69 Å². The number of nitrogens with two attached hydrogens (primary N) is 1. The first kappa shape index (κ1) is 12.3. The molecule has 4 nitrogen and oxygen atoms in total. The van der Waals surface area contributed by atoms with E-state index in [9.17, 15) is 4.79 Å². The van der Waals surface area contributed by atoms with Gasteiger partial charge in [0.15, 0.2) is 0 Å². The number of H-pyrrole nitrogens is 1. The Morgan fingerprint density at radius 3 is 2.59 bits per heavy atom. The fourth-order valence-electron chi connectivity index (χ4n) is 2.39. The summed E-state index contributed by atoms with van der Waals surface area (Å²) in [5.74, 6) is 1.46. The molecule has 0 radical (unpaired) electrons. The van der Waals surface area contributed by atoms with Gasteiger partial charge in [-0.1, -0.05) is 13.8 Å². The molecule has 0 amide bonds. The summed E-state index contributed by atoms with van der Waals surface area (Å²) in [5.41, 5.74) is 6.81. The van der Waals surface area contributed by atoms with E-state index < -0.39 is 0 Å². The number of hydrogen-bond acceptors (Lipinski definition) is 3. The molecule has 4 heteroatoms.